The minimum atomic E-state index is -4.18. The number of carbonyl (C=O) groups excluding carboxylic acids is 1. The van der Waals surface area contributed by atoms with Gasteiger partial charge >= 0.3 is 0 Å². The Bertz CT molecular complexity index is 736. The summed E-state index contributed by atoms with van der Waals surface area (Å²) >= 11 is 0. The molecule has 26 heavy (non-hydrogen) atoms. The van der Waals surface area contributed by atoms with Gasteiger partial charge in [-0.05, 0) is 30.4 Å². The van der Waals surface area contributed by atoms with E-state index in [-0.39, 0.29) is 11.3 Å². The van der Waals surface area contributed by atoms with Crippen molar-refractivity contribution in [2.24, 2.45) is 11.1 Å². The Labute approximate surface area is 152 Å². The number of benzene rings is 1. The highest BCUT2D eigenvalue weighted by atomic mass is 32.2. The number of amides is 1. The molecule has 0 aromatic heterocycles. The van der Waals surface area contributed by atoms with E-state index < -0.39 is 32.5 Å². The van der Waals surface area contributed by atoms with Gasteiger partial charge in [-0.3, -0.25) is 4.79 Å². The first-order chi connectivity index (χ1) is 12.3. The number of sulfone groups is 1. The second kappa shape index (κ2) is 7.25. The Morgan fingerprint density at radius 2 is 1.73 bits per heavy atom. The summed E-state index contributed by atoms with van der Waals surface area (Å²) in [7, 11) is -4.18. The van der Waals surface area contributed by atoms with Crippen molar-refractivity contribution in [2.75, 3.05) is 13.2 Å². The largest absolute Gasteiger partial charge is 0.370 e. The predicted molar refractivity (Wildman–Crippen MR) is 92.2 cm³/mol. The molecule has 2 aliphatic rings. The lowest BCUT2D eigenvalue weighted by Crippen LogP contribution is -2.43. The van der Waals surface area contributed by atoms with E-state index in [1.807, 2.05) is 0 Å². The van der Waals surface area contributed by atoms with Crippen LogP contribution in [-0.2, 0) is 24.1 Å². The second-order valence-electron chi connectivity index (χ2n) is 6.99. The molecular formula is C18H23FNO5S. The number of primary amides is 1. The molecule has 1 saturated heterocycles. The van der Waals surface area contributed by atoms with Gasteiger partial charge in [0.15, 0.2) is 5.79 Å². The number of nitrogens with two attached hydrogens (primary N) is 1. The van der Waals surface area contributed by atoms with Gasteiger partial charge < -0.3 is 15.2 Å². The van der Waals surface area contributed by atoms with E-state index in [1.54, 1.807) is 6.07 Å². The molecule has 1 aliphatic heterocycles. The van der Waals surface area contributed by atoms with Crippen molar-refractivity contribution in [1.29, 1.82) is 0 Å². The number of halogens is 1. The monoisotopic (exact) mass is 384 g/mol. The molecule has 1 aromatic rings. The maximum Gasteiger partial charge on any atom is 0.217 e. The minimum absolute atomic E-state index is 0.0901. The molecule has 1 atom stereocenters. The smallest absolute Gasteiger partial charge is 0.217 e. The highest BCUT2D eigenvalue weighted by molar-refractivity contribution is 7.92. The number of carbonyl (C=O) groups is 1. The third-order valence-electron chi connectivity index (χ3n) is 5.20. The number of hydrogen-bond donors (Lipinski definition) is 1. The van der Waals surface area contributed by atoms with Crippen LogP contribution in [0.1, 0.15) is 32.1 Å². The molecule has 0 bridgehead atoms. The highest BCUT2D eigenvalue weighted by Crippen LogP contribution is 2.49. The van der Waals surface area contributed by atoms with Crippen molar-refractivity contribution < 1.29 is 27.1 Å². The molecule has 1 spiro atoms. The Balaban J connectivity index is 1.77. The lowest BCUT2D eigenvalue weighted by atomic mass is 9.68. The number of hydrogen-bond acceptors (Lipinski definition) is 5. The van der Waals surface area contributed by atoms with E-state index in [9.17, 15) is 17.6 Å². The van der Waals surface area contributed by atoms with Crippen LogP contribution in [0, 0.1) is 11.8 Å². The molecule has 1 saturated carbocycles. The summed E-state index contributed by atoms with van der Waals surface area (Å²) in [5.74, 6) is -1.28. The van der Waals surface area contributed by atoms with Crippen molar-refractivity contribution in [3.05, 3.63) is 36.8 Å². The van der Waals surface area contributed by atoms with Crippen LogP contribution >= 0.6 is 0 Å². The fraction of sp³-hybridized carbons (Fsp3) is 0.556. The average molecular weight is 384 g/mol. The zero-order valence-electron chi connectivity index (χ0n) is 14.4. The molecule has 1 amide bonds. The lowest BCUT2D eigenvalue weighted by Gasteiger charge is -2.43. The van der Waals surface area contributed by atoms with Gasteiger partial charge in [0, 0.05) is 25.7 Å². The van der Waals surface area contributed by atoms with Crippen molar-refractivity contribution in [1.82, 2.24) is 0 Å². The third-order valence-corrected chi connectivity index (χ3v) is 6.86. The first-order valence-electron chi connectivity index (χ1n) is 8.62. The minimum Gasteiger partial charge on any atom is -0.370 e. The van der Waals surface area contributed by atoms with E-state index in [1.165, 1.54) is 24.3 Å². The van der Waals surface area contributed by atoms with Gasteiger partial charge in [0.1, 0.15) is 0 Å². The van der Waals surface area contributed by atoms with Gasteiger partial charge in [-0.25, -0.2) is 12.8 Å². The average Bonchev–Trinajstić information content (AvgIpc) is 3.07. The zero-order valence-corrected chi connectivity index (χ0v) is 15.2. The molecule has 1 radical (unpaired) electrons. The summed E-state index contributed by atoms with van der Waals surface area (Å²) in [4.78, 5) is 11.5. The van der Waals surface area contributed by atoms with Crippen LogP contribution in [0.15, 0.2) is 35.2 Å². The van der Waals surface area contributed by atoms with Crippen LogP contribution in [-0.4, -0.2) is 38.8 Å². The molecule has 1 aromatic carbocycles. The molecule has 1 unspecified atom stereocenters. The molecule has 1 aliphatic carbocycles. The van der Waals surface area contributed by atoms with Crippen molar-refractivity contribution in [3.63, 3.8) is 0 Å². The number of rotatable bonds is 6. The van der Waals surface area contributed by atoms with Gasteiger partial charge in [0.2, 0.25) is 21.2 Å². The van der Waals surface area contributed by atoms with Crippen LogP contribution in [0.4, 0.5) is 4.39 Å². The molecule has 8 heteroatoms. The maximum atomic E-state index is 14.9. The zero-order chi connectivity index (χ0) is 18.8. The summed E-state index contributed by atoms with van der Waals surface area (Å²) in [5, 5.41) is 0. The topological polar surface area (TPSA) is 95.7 Å². The molecule has 3 rings (SSSR count). The Morgan fingerprint density at radius 1 is 1.15 bits per heavy atom. The van der Waals surface area contributed by atoms with E-state index in [2.05, 4.69) is 0 Å². The molecular weight excluding hydrogens is 361 g/mol. The van der Waals surface area contributed by atoms with Crippen molar-refractivity contribution in [3.8, 4) is 0 Å². The number of alkyl halides is 1. The SMILES string of the molecule is NC(=O)CC1([CH]C(F)S(=O)(=O)c2ccccc2)CCC2(CC1)OCCO2. The Kier molecular flexibility index (Phi) is 5.37. The van der Waals surface area contributed by atoms with Crippen LogP contribution in [0.3, 0.4) is 0 Å². The predicted octanol–water partition coefficient (Wildman–Crippen LogP) is 2.14. The Hall–Kier alpha value is -1.51. The first-order valence-corrected chi connectivity index (χ1v) is 10.2. The fourth-order valence-corrected chi connectivity index (χ4v) is 5.04. The van der Waals surface area contributed by atoms with E-state index in [0.29, 0.717) is 38.9 Å². The summed E-state index contributed by atoms with van der Waals surface area (Å²) in [6, 6.07) is 7.45. The highest BCUT2D eigenvalue weighted by Gasteiger charge is 2.49. The van der Waals surface area contributed by atoms with Crippen LogP contribution < -0.4 is 5.73 Å². The molecule has 6 nitrogen and oxygen atoms in total. The van der Waals surface area contributed by atoms with Crippen molar-refractivity contribution in [2.45, 2.75) is 48.3 Å². The van der Waals surface area contributed by atoms with Gasteiger partial charge in [-0.1, -0.05) is 18.2 Å². The number of ether oxygens (including phenoxy) is 2. The molecule has 1 heterocycles. The van der Waals surface area contributed by atoms with Gasteiger partial charge in [-0.2, -0.15) is 0 Å². The van der Waals surface area contributed by atoms with Gasteiger partial charge in [-0.15, -0.1) is 0 Å². The second-order valence-corrected chi connectivity index (χ2v) is 9.00. The van der Waals surface area contributed by atoms with Gasteiger partial charge in [0.25, 0.3) is 0 Å². The third kappa shape index (κ3) is 3.92. The van der Waals surface area contributed by atoms with E-state index in [0.717, 1.165) is 6.42 Å². The first kappa shape index (κ1) is 19.3. The standard InChI is InChI=1S/C18H23FNO5S/c19-15(26(22,23)14-4-2-1-3-5-14)12-17(13-16(20)21)6-8-18(9-7-17)24-10-11-25-18/h1-5,12,15H,6-11,13H2,(H2,20,21). The summed E-state index contributed by atoms with van der Waals surface area (Å²) < 4.78 is 51.2. The maximum absolute atomic E-state index is 14.9. The molecule has 2 fully saturated rings. The fourth-order valence-electron chi connectivity index (χ4n) is 3.77. The quantitative estimate of drug-likeness (QED) is 0.811. The normalized spacial score (nSPS) is 23.0. The lowest BCUT2D eigenvalue weighted by molar-refractivity contribution is -0.190. The van der Waals surface area contributed by atoms with Crippen LogP contribution in [0.2, 0.25) is 0 Å². The molecule has 143 valence electrons. The summed E-state index contributed by atoms with van der Waals surface area (Å²) in [6.45, 7) is 1.00. The van der Waals surface area contributed by atoms with Gasteiger partial charge in [0.05, 0.1) is 18.1 Å². The summed E-state index contributed by atoms with van der Waals surface area (Å²) in [5.41, 5.74) is 2.21. The molecule has 2 N–H and O–H groups in total. The van der Waals surface area contributed by atoms with Crippen molar-refractivity contribution >= 4 is 15.7 Å². The van der Waals surface area contributed by atoms with Crippen LogP contribution in [0.25, 0.3) is 0 Å². The Morgan fingerprint density at radius 3 is 2.27 bits per heavy atom. The van der Waals surface area contributed by atoms with E-state index >= 15 is 0 Å². The van der Waals surface area contributed by atoms with Crippen LogP contribution in [0.5, 0.6) is 0 Å². The van der Waals surface area contributed by atoms with E-state index in [4.69, 9.17) is 15.2 Å². The summed E-state index contributed by atoms with van der Waals surface area (Å²) in [6.07, 6.45) is 2.72.